The maximum absolute atomic E-state index is 11.5. The van der Waals surface area contributed by atoms with Gasteiger partial charge >= 0.3 is 5.97 Å². The lowest BCUT2D eigenvalue weighted by atomic mass is 9.78. The Hall–Kier alpha value is -0.570. The Bertz CT molecular complexity index is 319. The van der Waals surface area contributed by atoms with E-state index in [2.05, 4.69) is 25.7 Å². The minimum Gasteiger partial charge on any atom is -0.480 e. The van der Waals surface area contributed by atoms with E-state index >= 15 is 0 Å². The summed E-state index contributed by atoms with van der Waals surface area (Å²) in [6.45, 7) is 8.83. The van der Waals surface area contributed by atoms with Crippen LogP contribution in [0.4, 0.5) is 0 Å². The molecule has 1 rings (SSSR count). The van der Waals surface area contributed by atoms with Crippen molar-refractivity contribution in [2.45, 2.75) is 97.4 Å². The molecule has 0 aromatic carbocycles. The fraction of sp³-hybridized carbons (Fsp3) is 0.947. The van der Waals surface area contributed by atoms with Crippen LogP contribution in [0.2, 0.25) is 0 Å². The number of carboxylic acid groups (broad SMARTS) is 1. The van der Waals surface area contributed by atoms with Crippen LogP contribution in [0.25, 0.3) is 0 Å². The zero-order valence-electron chi connectivity index (χ0n) is 15.1. The van der Waals surface area contributed by atoms with Gasteiger partial charge in [0.2, 0.25) is 0 Å². The molecular formula is C19H37NO2. The van der Waals surface area contributed by atoms with Gasteiger partial charge in [-0.25, -0.2) is 0 Å². The van der Waals surface area contributed by atoms with Crippen LogP contribution >= 0.6 is 0 Å². The first-order chi connectivity index (χ1) is 10.5. The molecule has 0 aliphatic carbocycles. The lowest BCUT2D eigenvalue weighted by Gasteiger charge is -2.40. The maximum atomic E-state index is 11.5. The summed E-state index contributed by atoms with van der Waals surface area (Å²) in [7, 11) is 0. The average Bonchev–Trinajstić information content (AvgIpc) is 2.50. The lowest BCUT2D eigenvalue weighted by molar-refractivity contribution is -0.145. The topological polar surface area (TPSA) is 40.5 Å². The first-order valence-corrected chi connectivity index (χ1v) is 9.49. The van der Waals surface area contributed by atoms with E-state index in [9.17, 15) is 9.90 Å². The smallest absolute Gasteiger partial charge is 0.320 e. The first-order valence-electron chi connectivity index (χ1n) is 9.49. The standard InChI is InChI=1S/C19H37NO2/c1-4-6-8-10-14-19(3,13-7-5-2)16-20-15-11-9-12-17(20)18(21)22/h17H,4-16H2,1-3H3,(H,21,22)/t17-,19?/m0/s1. The number of carbonyl (C=O) groups is 1. The molecule has 1 aliphatic rings. The third-order valence-corrected chi connectivity index (χ3v) is 5.25. The second kappa shape index (κ2) is 10.3. The monoisotopic (exact) mass is 311 g/mol. The number of hydrogen-bond donors (Lipinski definition) is 1. The zero-order valence-corrected chi connectivity index (χ0v) is 15.1. The van der Waals surface area contributed by atoms with Gasteiger partial charge in [-0.3, -0.25) is 9.69 Å². The Morgan fingerprint density at radius 3 is 2.41 bits per heavy atom. The Kier molecular flexibility index (Phi) is 9.08. The number of rotatable bonds is 11. The van der Waals surface area contributed by atoms with Crippen molar-refractivity contribution < 1.29 is 9.90 Å². The molecule has 1 unspecified atom stereocenters. The fourth-order valence-electron chi connectivity index (χ4n) is 3.82. The van der Waals surface area contributed by atoms with Gasteiger partial charge in [0, 0.05) is 6.54 Å². The van der Waals surface area contributed by atoms with Gasteiger partial charge in [-0.05, 0) is 37.6 Å². The second-order valence-electron chi connectivity index (χ2n) is 7.55. The van der Waals surface area contributed by atoms with Crippen molar-refractivity contribution >= 4 is 5.97 Å². The summed E-state index contributed by atoms with van der Waals surface area (Å²) in [6.07, 6.45) is 13.2. The van der Waals surface area contributed by atoms with E-state index in [4.69, 9.17) is 0 Å². The van der Waals surface area contributed by atoms with Crippen LogP contribution < -0.4 is 0 Å². The Morgan fingerprint density at radius 1 is 1.09 bits per heavy atom. The van der Waals surface area contributed by atoms with E-state index in [-0.39, 0.29) is 11.5 Å². The minimum absolute atomic E-state index is 0.245. The number of nitrogens with zero attached hydrogens (tertiary/aromatic N) is 1. The average molecular weight is 312 g/mol. The molecule has 130 valence electrons. The van der Waals surface area contributed by atoms with Gasteiger partial charge in [0.05, 0.1) is 0 Å². The number of likely N-dealkylation sites (tertiary alicyclic amines) is 1. The number of unbranched alkanes of at least 4 members (excludes halogenated alkanes) is 4. The van der Waals surface area contributed by atoms with Crippen LogP contribution in [0.15, 0.2) is 0 Å². The molecule has 1 heterocycles. The third kappa shape index (κ3) is 6.68. The highest BCUT2D eigenvalue weighted by Crippen LogP contribution is 2.34. The van der Waals surface area contributed by atoms with Crippen molar-refractivity contribution in [3.63, 3.8) is 0 Å². The Labute approximate surface area is 137 Å². The third-order valence-electron chi connectivity index (χ3n) is 5.25. The molecule has 1 saturated heterocycles. The summed E-state index contributed by atoms with van der Waals surface area (Å²) >= 11 is 0. The van der Waals surface area contributed by atoms with E-state index in [0.29, 0.717) is 0 Å². The zero-order chi connectivity index (χ0) is 16.4. The molecule has 1 N–H and O–H groups in total. The summed E-state index contributed by atoms with van der Waals surface area (Å²) < 4.78 is 0. The molecule has 0 aromatic heterocycles. The molecule has 22 heavy (non-hydrogen) atoms. The van der Waals surface area contributed by atoms with Gasteiger partial charge in [0.25, 0.3) is 0 Å². The van der Waals surface area contributed by atoms with Crippen molar-refractivity contribution in [3.05, 3.63) is 0 Å². The number of aliphatic carboxylic acids is 1. The molecule has 3 heteroatoms. The van der Waals surface area contributed by atoms with E-state index in [0.717, 1.165) is 32.4 Å². The fourth-order valence-corrected chi connectivity index (χ4v) is 3.82. The van der Waals surface area contributed by atoms with E-state index in [1.165, 1.54) is 51.4 Å². The number of piperidine rings is 1. The van der Waals surface area contributed by atoms with Crippen molar-refractivity contribution in [2.75, 3.05) is 13.1 Å². The van der Waals surface area contributed by atoms with Crippen molar-refractivity contribution in [1.29, 1.82) is 0 Å². The molecule has 0 spiro atoms. The highest BCUT2D eigenvalue weighted by molar-refractivity contribution is 5.73. The summed E-state index contributed by atoms with van der Waals surface area (Å²) in [5.41, 5.74) is 0.286. The quantitative estimate of drug-likeness (QED) is 0.540. The van der Waals surface area contributed by atoms with Crippen LogP contribution in [0.1, 0.15) is 91.4 Å². The largest absolute Gasteiger partial charge is 0.480 e. The van der Waals surface area contributed by atoms with Crippen molar-refractivity contribution in [3.8, 4) is 0 Å². The van der Waals surface area contributed by atoms with E-state index in [1.807, 2.05) is 0 Å². The molecule has 0 amide bonds. The van der Waals surface area contributed by atoms with E-state index in [1.54, 1.807) is 0 Å². The first kappa shape index (κ1) is 19.5. The van der Waals surface area contributed by atoms with Crippen LogP contribution in [-0.2, 0) is 4.79 Å². The van der Waals surface area contributed by atoms with Gasteiger partial charge < -0.3 is 5.11 Å². The highest BCUT2D eigenvalue weighted by Gasteiger charge is 2.34. The number of carboxylic acids is 1. The van der Waals surface area contributed by atoms with Gasteiger partial charge in [0.15, 0.2) is 0 Å². The normalized spacial score (nSPS) is 22.4. The van der Waals surface area contributed by atoms with Crippen LogP contribution in [0, 0.1) is 5.41 Å². The molecule has 0 radical (unpaired) electrons. The molecular weight excluding hydrogens is 274 g/mol. The number of hydrogen-bond acceptors (Lipinski definition) is 2. The molecule has 2 atom stereocenters. The Morgan fingerprint density at radius 2 is 1.77 bits per heavy atom. The van der Waals surface area contributed by atoms with Gasteiger partial charge in [0.1, 0.15) is 6.04 Å². The minimum atomic E-state index is -0.622. The van der Waals surface area contributed by atoms with Crippen molar-refractivity contribution in [2.24, 2.45) is 5.41 Å². The highest BCUT2D eigenvalue weighted by atomic mass is 16.4. The molecule has 1 aliphatic heterocycles. The van der Waals surface area contributed by atoms with E-state index < -0.39 is 5.97 Å². The maximum Gasteiger partial charge on any atom is 0.320 e. The molecule has 0 aromatic rings. The second-order valence-corrected chi connectivity index (χ2v) is 7.55. The SMILES string of the molecule is CCCCCCC(C)(CCCC)CN1CCCC[C@H]1C(=O)O. The summed E-state index contributed by atoms with van der Waals surface area (Å²) in [4.78, 5) is 13.8. The summed E-state index contributed by atoms with van der Waals surface area (Å²) in [5, 5.41) is 9.49. The van der Waals surface area contributed by atoms with Crippen LogP contribution in [-0.4, -0.2) is 35.1 Å². The van der Waals surface area contributed by atoms with Gasteiger partial charge in [-0.2, -0.15) is 0 Å². The lowest BCUT2D eigenvalue weighted by Crippen LogP contribution is -2.49. The van der Waals surface area contributed by atoms with Crippen molar-refractivity contribution in [1.82, 2.24) is 4.90 Å². The van der Waals surface area contributed by atoms with Gasteiger partial charge in [-0.1, -0.05) is 65.7 Å². The summed E-state index contributed by atoms with van der Waals surface area (Å²) in [5.74, 6) is -0.622. The molecule has 0 saturated carbocycles. The predicted octanol–water partition coefficient (Wildman–Crippen LogP) is 5.09. The molecule has 0 bridgehead atoms. The van der Waals surface area contributed by atoms with Crippen LogP contribution in [0.3, 0.4) is 0 Å². The molecule has 1 fully saturated rings. The summed E-state index contributed by atoms with van der Waals surface area (Å²) in [6, 6.07) is -0.245. The predicted molar refractivity (Wildman–Crippen MR) is 93.2 cm³/mol. The Balaban J connectivity index is 2.62. The molecule has 3 nitrogen and oxygen atoms in total. The van der Waals surface area contributed by atoms with Crippen LogP contribution in [0.5, 0.6) is 0 Å². The van der Waals surface area contributed by atoms with Gasteiger partial charge in [-0.15, -0.1) is 0 Å².